The topological polar surface area (TPSA) is 49.8 Å². The largest absolute Gasteiger partial charge is 0.480 e. The minimum Gasteiger partial charge on any atom is -0.480 e. The molecular formula is C12H13Cl2NO3. The van der Waals surface area contributed by atoms with Crippen LogP contribution in [0, 0.1) is 0 Å². The normalized spacial score (nSPS) is 20.9. The lowest BCUT2D eigenvalue weighted by Gasteiger charge is -2.32. The van der Waals surface area contributed by atoms with Gasteiger partial charge in [-0.1, -0.05) is 29.3 Å². The van der Waals surface area contributed by atoms with Gasteiger partial charge in [0.2, 0.25) is 0 Å². The number of aliphatic carboxylic acids is 1. The van der Waals surface area contributed by atoms with E-state index >= 15 is 0 Å². The summed E-state index contributed by atoms with van der Waals surface area (Å²) in [5.41, 5.74) is 0.870. The summed E-state index contributed by atoms with van der Waals surface area (Å²) in [5.74, 6) is -0.875. The first-order valence-corrected chi connectivity index (χ1v) is 6.32. The molecule has 4 nitrogen and oxygen atoms in total. The number of hydrogen-bond donors (Lipinski definition) is 1. The van der Waals surface area contributed by atoms with Gasteiger partial charge in [0.25, 0.3) is 0 Å². The molecular weight excluding hydrogens is 277 g/mol. The molecule has 18 heavy (non-hydrogen) atoms. The Hall–Kier alpha value is -0.810. The highest BCUT2D eigenvalue weighted by Crippen LogP contribution is 2.23. The smallest absolute Gasteiger partial charge is 0.323 e. The molecule has 1 heterocycles. The second-order valence-electron chi connectivity index (χ2n) is 4.14. The van der Waals surface area contributed by atoms with Crippen molar-refractivity contribution in [1.29, 1.82) is 0 Å². The highest BCUT2D eigenvalue weighted by Gasteiger charge is 2.29. The third kappa shape index (κ3) is 3.14. The van der Waals surface area contributed by atoms with Crippen molar-refractivity contribution in [2.24, 2.45) is 0 Å². The zero-order valence-corrected chi connectivity index (χ0v) is 11.1. The summed E-state index contributed by atoms with van der Waals surface area (Å²) >= 11 is 11.9. The molecule has 1 aliphatic heterocycles. The van der Waals surface area contributed by atoms with Gasteiger partial charge in [-0.25, -0.2) is 0 Å². The number of halogens is 2. The minimum absolute atomic E-state index is 0.209. The van der Waals surface area contributed by atoms with Gasteiger partial charge in [-0.3, -0.25) is 9.69 Å². The van der Waals surface area contributed by atoms with E-state index in [2.05, 4.69) is 0 Å². The molecule has 1 fully saturated rings. The monoisotopic (exact) mass is 289 g/mol. The van der Waals surface area contributed by atoms with E-state index in [1.54, 1.807) is 12.1 Å². The van der Waals surface area contributed by atoms with E-state index in [0.717, 1.165) is 5.56 Å². The second-order valence-corrected chi connectivity index (χ2v) is 4.98. The molecule has 6 heteroatoms. The van der Waals surface area contributed by atoms with Crippen molar-refractivity contribution in [3.05, 3.63) is 33.8 Å². The average Bonchev–Trinajstić information content (AvgIpc) is 2.33. The number of hydrogen-bond acceptors (Lipinski definition) is 3. The average molecular weight is 290 g/mol. The number of morpholine rings is 1. The van der Waals surface area contributed by atoms with Gasteiger partial charge in [0.05, 0.1) is 13.2 Å². The fourth-order valence-corrected chi connectivity index (χ4v) is 2.39. The number of carbonyl (C=O) groups is 1. The van der Waals surface area contributed by atoms with Crippen molar-refractivity contribution in [3.63, 3.8) is 0 Å². The number of carboxylic acid groups (broad SMARTS) is 1. The van der Waals surface area contributed by atoms with Crippen LogP contribution in [-0.2, 0) is 16.1 Å². The molecule has 0 amide bonds. The van der Waals surface area contributed by atoms with Gasteiger partial charge >= 0.3 is 5.97 Å². The van der Waals surface area contributed by atoms with Crippen LogP contribution in [0.15, 0.2) is 18.2 Å². The van der Waals surface area contributed by atoms with Gasteiger partial charge in [-0.05, 0) is 17.7 Å². The van der Waals surface area contributed by atoms with E-state index in [1.165, 1.54) is 0 Å². The minimum atomic E-state index is -0.875. The molecule has 0 aliphatic carbocycles. The Labute approximate surface area is 115 Å². The zero-order chi connectivity index (χ0) is 13.1. The van der Waals surface area contributed by atoms with E-state index in [9.17, 15) is 4.79 Å². The maximum absolute atomic E-state index is 11.1. The van der Waals surface area contributed by atoms with E-state index in [0.29, 0.717) is 29.7 Å². The summed E-state index contributed by atoms with van der Waals surface area (Å²) in [5, 5.41) is 10.2. The predicted molar refractivity (Wildman–Crippen MR) is 69.1 cm³/mol. The number of carboxylic acids is 1. The Kier molecular flexibility index (Phi) is 4.45. The number of rotatable bonds is 3. The lowest BCUT2D eigenvalue weighted by molar-refractivity contribution is -0.150. The maximum atomic E-state index is 11.1. The Bertz CT molecular complexity index is 453. The van der Waals surface area contributed by atoms with Gasteiger partial charge in [-0.2, -0.15) is 0 Å². The third-order valence-electron chi connectivity index (χ3n) is 2.91. The third-order valence-corrected chi connectivity index (χ3v) is 3.50. The molecule has 0 aromatic heterocycles. The molecule has 2 rings (SSSR count). The Morgan fingerprint density at radius 1 is 1.50 bits per heavy atom. The van der Waals surface area contributed by atoms with Gasteiger partial charge < -0.3 is 9.84 Å². The molecule has 1 saturated heterocycles. The summed E-state index contributed by atoms with van der Waals surface area (Å²) < 4.78 is 5.18. The molecule has 1 aromatic rings. The van der Waals surface area contributed by atoms with E-state index in [4.69, 9.17) is 33.0 Å². The number of ether oxygens (including phenoxy) is 1. The van der Waals surface area contributed by atoms with Gasteiger partial charge in [0.1, 0.15) is 6.04 Å². The molecule has 98 valence electrons. The van der Waals surface area contributed by atoms with E-state index in [-0.39, 0.29) is 6.61 Å². The predicted octanol–water partition coefficient (Wildman–Crippen LogP) is 2.28. The number of benzene rings is 1. The standard InChI is InChI=1S/C12H13Cl2NO3/c13-9-2-1-8(10(14)5-9)6-15-3-4-18-7-11(15)12(16)17/h1-2,5,11H,3-4,6-7H2,(H,16,17). The van der Waals surface area contributed by atoms with E-state index in [1.807, 2.05) is 11.0 Å². The summed E-state index contributed by atoms with van der Waals surface area (Å²) in [6.07, 6.45) is 0. The number of nitrogens with zero attached hydrogens (tertiary/aromatic N) is 1. The van der Waals surface area contributed by atoms with Crippen molar-refractivity contribution >= 4 is 29.2 Å². The lowest BCUT2D eigenvalue weighted by Crippen LogP contribution is -2.49. The van der Waals surface area contributed by atoms with Gasteiger partial charge in [0, 0.05) is 23.1 Å². The fraction of sp³-hybridized carbons (Fsp3) is 0.417. The maximum Gasteiger partial charge on any atom is 0.323 e. The van der Waals surface area contributed by atoms with Crippen LogP contribution in [0.25, 0.3) is 0 Å². The highest BCUT2D eigenvalue weighted by atomic mass is 35.5. The summed E-state index contributed by atoms with van der Waals surface area (Å²) in [4.78, 5) is 13.0. The molecule has 1 N–H and O–H groups in total. The molecule has 1 atom stereocenters. The summed E-state index contributed by atoms with van der Waals surface area (Å²) in [6.45, 7) is 1.81. The molecule has 1 aromatic carbocycles. The van der Waals surface area contributed by atoms with Crippen LogP contribution < -0.4 is 0 Å². The van der Waals surface area contributed by atoms with Gasteiger partial charge in [0.15, 0.2) is 0 Å². The van der Waals surface area contributed by atoms with Crippen molar-refractivity contribution in [3.8, 4) is 0 Å². The van der Waals surface area contributed by atoms with Crippen LogP contribution in [0.5, 0.6) is 0 Å². The Morgan fingerprint density at radius 2 is 2.28 bits per heavy atom. The van der Waals surface area contributed by atoms with Crippen LogP contribution in [0.3, 0.4) is 0 Å². The Balaban J connectivity index is 2.13. The summed E-state index contributed by atoms with van der Waals surface area (Å²) in [6, 6.07) is 4.61. The SMILES string of the molecule is O=C(O)C1COCCN1Cc1ccc(Cl)cc1Cl. The van der Waals surface area contributed by atoms with Crippen LogP contribution in [0.2, 0.25) is 10.0 Å². The lowest BCUT2D eigenvalue weighted by atomic mass is 10.1. The molecule has 1 unspecified atom stereocenters. The summed E-state index contributed by atoms with van der Waals surface area (Å²) in [7, 11) is 0. The second kappa shape index (κ2) is 5.89. The van der Waals surface area contributed by atoms with Crippen LogP contribution >= 0.6 is 23.2 Å². The van der Waals surface area contributed by atoms with Crippen LogP contribution in [-0.4, -0.2) is 41.8 Å². The molecule has 0 radical (unpaired) electrons. The van der Waals surface area contributed by atoms with E-state index < -0.39 is 12.0 Å². The first-order valence-electron chi connectivity index (χ1n) is 5.56. The van der Waals surface area contributed by atoms with Crippen LogP contribution in [0.4, 0.5) is 0 Å². The highest BCUT2D eigenvalue weighted by molar-refractivity contribution is 6.35. The first kappa shape index (κ1) is 13.6. The van der Waals surface area contributed by atoms with Crippen LogP contribution in [0.1, 0.15) is 5.56 Å². The molecule has 0 bridgehead atoms. The molecule has 0 spiro atoms. The Morgan fingerprint density at radius 3 is 2.94 bits per heavy atom. The zero-order valence-electron chi connectivity index (χ0n) is 9.60. The molecule has 0 saturated carbocycles. The fourth-order valence-electron chi connectivity index (χ4n) is 1.92. The van der Waals surface area contributed by atoms with Crippen molar-refractivity contribution in [2.45, 2.75) is 12.6 Å². The van der Waals surface area contributed by atoms with Crippen molar-refractivity contribution in [1.82, 2.24) is 4.90 Å². The van der Waals surface area contributed by atoms with Crippen molar-refractivity contribution in [2.75, 3.05) is 19.8 Å². The molecule has 1 aliphatic rings. The first-order chi connectivity index (χ1) is 8.58. The van der Waals surface area contributed by atoms with Crippen molar-refractivity contribution < 1.29 is 14.6 Å². The quantitative estimate of drug-likeness (QED) is 0.928. The van der Waals surface area contributed by atoms with Gasteiger partial charge in [-0.15, -0.1) is 0 Å².